The zero-order valence-electron chi connectivity index (χ0n) is 11.3. The van der Waals surface area contributed by atoms with Crippen molar-refractivity contribution in [2.24, 2.45) is 11.7 Å². The Morgan fingerprint density at radius 3 is 2.65 bits per heavy atom. The summed E-state index contributed by atoms with van der Waals surface area (Å²) in [5.41, 5.74) is 5.85. The number of esters is 1. The molecule has 0 aromatic heterocycles. The van der Waals surface area contributed by atoms with Crippen molar-refractivity contribution < 1.29 is 9.53 Å². The molecule has 0 heterocycles. The summed E-state index contributed by atoms with van der Waals surface area (Å²) >= 11 is 0. The summed E-state index contributed by atoms with van der Waals surface area (Å²) in [4.78, 5) is 13.9. The van der Waals surface area contributed by atoms with E-state index < -0.39 is 0 Å². The summed E-state index contributed by atoms with van der Waals surface area (Å²) in [7, 11) is 1.45. The Kier molecular flexibility index (Phi) is 5.92. The van der Waals surface area contributed by atoms with Gasteiger partial charge < -0.3 is 10.5 Å². The molecule has 0 amide bonds. The first kappa shape index (κ1) is 14.5. The van der Waals surface area contributed by atoms with Crippen LogP contribution in [0, 0.1) is 5.92 Å². The minimum absolute atomic E-state index is 0.145. The van der Waals surface area contributed by atoms with Crippen LogP contribution < -0.4 is 5.73 Å². The fraction of sp³-hybridized carbons (Fsp3) is 0.923. The van der Waals surface area contributed by atoms with E-state index >= 15 is 0 Å². The topological polar surface area (TPSA) is 55.6 Å². The molecule has 0 aromatic carbocycles. The van der Waals surface area contributed by atoms with Crippen LogP contribution in [0.25, 0.3) is 0 Å². The van der Waals surface area contributed by atoms with Crippen molar-refractivity contribution in [3.63, 3.8) is 0 Å². The van der Waals surface area contributed by atoms with Crippen molar-refractivity contribution in [2.45, 2.75) is 51.6 Å². The molecule has 1 rings (SSSR count). The fourth-order valence-corrected chi connectivity index (χ4v) is 3.00. The number of hydrogen-bond acceptors (Lipinski definition) is 4. The van der Waals surface area contributed by atoms with Gasteiger partial charge in [-0.3, -0.25) is 9.69 Å². The van der Waals surface area contributed by atoms with E-state index in [1.165, 1.54) is 26.4 Å². The van der Waals surface area contributed by atoms with Gasteiger partial charge in [-0.1, -0.05) is 19.8 Å². The van der Waals surface area contributed by atoms with E-state index in [0.29, 0.717) is 12.0 Å². The van der Waals surface area contributed by atoms with Gasteiger partial charge in [-0.05, 0) is 38.8 Å². The zero-order chi connectivity index (χ0) is 12.8. The standard InChI is InChI=1S/C13H26N2O2/c1-4-15(10(2)13(16)17-3)12-8-6-5-7-11(12)9-14/h10-12H,4-9,14H2,1-3H3. The summed E-state index contributed by atoms with van der Waals surface area (Å²) in [5.74, 6) is 0.379. The number of rotatable bonds is 5. The fourth-order valence-electron chi connectivity index (χ4n) is 3.00. The lowest BCUT2D eigenvalue weighted by Crippen LogP contribution is -2.51. The van der Waals surface area contributed by atoms with Crippen molar-refractivity contribution in [1.82, 2.24) is 4.90 Å². The molecule has 0 radical (unpaired) electrons. The quantitative estimate of drug-likeness (QED) is 0.740. The van der Waals surface area contributed by atoms with Crippen LogP contribution in [0.1, 0.15) is 39.5 Å². The third kappa shape index (κ3) is 3.42. The van der Waals surface area contributed by atoms with Gasteiger partial charge in [0.1, 0.15) is 6.04 Å². The molecule has 0 saturated heterocycles. The number of carbonyl (C=O) groups excluding carboxylic acids is 1. The molecule has 0 spiro atoms. The van der Waals surface area contributed by atoms with Gasteiger partial charge in [0, 0.05) is 6.04 Å². The van der Waals surface area contributed by atoms with Gasteiger partial charge in [0.15, 0.2) is 0 Å². The predicted molar refractivity (Wildman–Crippen MR) is 68.7 cm³/mol. The van der Waals surface area contributed by atoms with Gasteiger partial charge in [-0.25, -0.2) is 0 Å². The first-order chi connectivity index (χ1) is 8.15. The molecule has 100 valence electrons. The average Bonchev–Trinajstić information content (AvgIpc) is 2.39. The number of carbonyl (C=O) groups is 1. The molecule has 0 bridgehead atoms. The van der Waals surface area contributed by atoms with E-state index in [0.717, 1.165) is 19.5 Å². The Morgan fingerprint density at radius 2 is 2.12 bits per heavy atom. The highest BCUT2D eigenvalue weighted by Gasteiger charge is 2.33. The SMILES string of the molecule is CCN(C(C)C(=O)OC)C1CCCCC1CN. The van der Waals surface area contributed by atoms with E-state index in [4.69, 9.17) is 10.5 Å². The predicted octanol–water partition coefficient (Wildman–Crippen LogP) is 1.39. The van der Waals surface area contributed by atoms with Gasteiger partial charge in [-0.2, -0.15) is 0 Å². The highest BCUT2D eigenvalue weighted by atomic mass is 16.5. The smallest absolute Gasteiger partial charge is 0.322 e. The number of nitrogens with two attached hydrogens (primary N) is 1. The Hall–Kier alpha value is -0.610. The van der Waals surface area contributed by atoms with Gasteiger partial charge in [-0.15, -0.1) is 0 Å². The highest BCUT2D eigenvalue weighted by Crippen LogP contribution is 2.29. The third-order valence-electron chi connectivity index (χ3n) is 4.00. The van der Waals surface area contributed by atoms with Crippen molar-refractivity contribution >= 4 is 5.97 Å². The average molecular weight is 242 g/mol. The van der Waals surface area contributed by atoms with Gasteiger partial charge in [0.2, 0.25) is 0 Å². The monoisotopic (exact) mass is 242 g/mol. The summed E-state index contributed by atoms with van der Waals surface area (Å²) < 4.78 is 4.84. The Labute approximate surface area is 104 Å². The van der Waals surface area contributed by atoms with Crippen molar-refractivity contribution in [1.29, 1.82) is 0 Å². The lowest BCUT2D eigenvalue weighted by atomic mass is 9.83. The van der Waals surface area contributed by atoms with Gasteiger partial charge in [0.25, 0.3) is 0 Å². The summed E-state index contributed by atoms with van der Waals surface area (Å²) in [6.45, 7) is 5.62. The zero-order valence-corrected chi connectivity index (χ0v) is 11.3. The number of nitrogens with zero attached hydrogens (tertiary/aromatic N) is 1. The van der Waals surface area contributed by atoms with Gasteiger partial charge in [0.05, 0.1) is 7.11 Å². The maximum absolute atomic E-state index is 11.7. The van der Waals surface area contributed by atoms with Crippen molar-refractivity contribution in [3.8, 4) is 0 Å². The Balaban J connectivity index is 2.73. The number of likely N-dealkylation sites (N-methyl/N-ethyl adjacent to an activating group) is 1. The van der Waals surface area contributed by atoms with Crippen LogP contribution in [0.3, 0.4) is 0 Å². The highest BCUT2D eigenvalue weighted by molar-refractivity contribution is 5.75. The van der Waals surface area contributed by atoms with Crippen LogP contribution in [-0.4, -0.2) is 43.2 Å². The molecule has 17 heavy (non-hydrogen) atoms. The molecular weight excluding hydrogens is 216 g/mol. The van der Waals surface area contributed by atoms with E-state index in [9.17, 15) is 4.79 Å². The lowest BCUT2D eigenvalue weighted by Gasteiger charge is -2.41. The molecule has 1 saturated carbocycles. The number of ether oxygens (including phenoxy) is 1. The van der Waals surface area contributed by atoms with Crippen LogP contribution >= 0.6 is 0 Å². The molecule has 3 unspecified atom stereocenters. The van der Waals surface area contributed by atoms with E-state index in [2.05, 4.69) is 11.8 Å². The van der Waals surface area contributed by atoms with E-state index in [-0.39, 0.29) is 12.0 Å². The minimum atomic E-state index is -0.165. The summed E-state index contributed by atoms with van der Waals surface area (Å²) in [5, 5.41) is 0. The lowest BCUT2D eigenvalue weighted by molar-refractivity contribution is -0.148. The maximum Gasteiger partial charge on any atom is 0.322 e. The molecule has 1 fully saturated rings. The van der Waals surface area contributed by atoms with E-state index in [1.807, 2.05) is 6.92 Å². The van der Waals surface area contributed by atoms with Crippen LogP contribution in [0.5, 0.6) is 0 Å². The molecule has 4 nitrogen and oxygen atoms in total. The van der Waals surface area contributed by atoms with Crippen LogP contribution in [0.2, 0.25) is 0 Å². The molecule has 0 aliphatic heterocycles. The minimum Gasteiger partial charge on any atom is -0.468 e. The molecule has 1 aliphatic carbocycles. The molecule has 4 heteroatoms. The number of hydrogen-bond donors (Lipinski definition) is 1. The summed E-state index contributed by atoms with van der Waals surface area (Å²) in [6, 6.07) is 0.273. The first-order valence-electron chi connectivity index (χ1n) is 6.69. The van der Waals surface area contributed by atoms with Crippen molar-refractivity contribution in [3.05, 3.63) is 0 Å². The molecular formula is C13H26N2O2. The normalized spacial score (nSPS) is 26.9. The largest absolute Gasteiger partial charge is 0.468 e. The number of methoxy groups -OCH3 is 1. The second kappa shape index (κ2) is 6.97. The maximum atomic E-state index is 11.7. The van der Waals surface area contributed by atoms with Gasteiger partial charge >= 0.3 is 5.97 Å². The second-order valence-electron chi connectivity index (χ2n) is 4.88. The van der Waals surface area contributed by atoms with Crippen LogP contribution in [0.4, 0.5) is 0 Å². The second-order valence-corrected chi connectivity index (χ2v) is 4.88. The van der Waals surface area contributed by atoms with Crippen molar-refractivity contribution in [2.75, 3.05) is 20.2 Å². The van der Waals surface area contributed by atoms with Crippen LogP contribution in [-0.2, 0) is 9.53 Å². The molecule has 3 atom stereocenters. The molecule has 1 aliphatic rings. The third-order valence-corrected chi connectivity index (χ3v) is 4.00. The van der Waals surface area contributed by atoms with Crippen LogP contribution in [0.15, 0.2) is 0 Å². The summed E-state index contributed by atoms with van der Waals surface area (Å²) in [6.07, 6.45) is 4.84. The Morgan fingerprint density at radius 1 is 1.47 bits per heavy atom. The van der Waals surface area contributed by atoms with E-state index in [1.54, 1.807) is 0 Å². The molecule has 2 N–H and O–H groups in total. The first-order valence-corrected chi connectivity index (χ1v) is 6.69. The molecule has 0 aromatic rings. The Bertz CT molecular complexity index is 246.